The van der Waals surface area contributed by atoms with Gasteiger partial charge in [-0.15, -0.1) is 0 Å². The SMILES string of the molecule is COc1cc([C@@H]2c3cc4c(cc3[C@H](O[C@@H]3O[C@@H]5CO[C@H](C)O[C@H]5[C@H](O)[C@H]3O)[C@@H]3COC(=O)[C@@H]23)OCO4)cc(OC)c1OC. The lowest BCUT2D eigenvalue weighted by atomic mass is 9.66. The molecule has 4 heterocycles. The number of aliphatic hydroxyl groups excluding tert-OH is 2. The molecule has 5 aliphatic rings. The molecule has 1 aliphatic carbocycles. The van der Waals surface area contributed by atoms with Gasteiger partial charge in [-0.1, -0.05) is 0 Å². The van der Waals surface area contributed by atoms with Gasteiger partial charge in [0.1, 0.15) is 24.4 Å². The van der Waals surface area contributed by atoms with Crippen molar-refractivity contribution in [1.82, 2.24) is 0 Å². The maximum atomic E-state index is 13.5. The van der Waals surface area contributed by atoms with Crippen molar-refractivity contribution in [3.05, 3.63) is 41.0 Å². The van der Waals surface area contributed by atoms with E-state index in [0.29, 0.717) is 34.3 Å². The van der Waals surface area contributed by atoms with Crippen LogP contribution in [0.3, 0.4) is 0 Å². The summed E-state index contributed by atoms with van der Waals surface area (Å²) in [5.41, 5.74) is 2.19. The van der Waals surface area contributed by atoms with Gasteiger partial charge in [0, 0.05) is 11.8 Å². The summed E-state index contributed by atoms with van der Waals surface area (Å²) in [5, 5.41) is 22.0. The molecule has 3 fully saturated rings. The highest BCUT2D eigenvalue weighted by Gasteiger charge is 2.56. The second-order valence-corrected chi connectivity index (χ2v) is 11.2. The number of esters is 1. The lowest BCUT2D eigenvalue weighted by Crippen LogP contribution is -2.63. The Bertz CT molecular complexity index is 1370. The highest BCUT2D eigenvalue weighted by molar-refractivity contribution is 5.79. The van der Waals surface area contributed by atoms with Crippen LogP contribution in [0.15, 0.2) is 24.3 Å². The molecule has 13 nitrogen and oxygen atoms in total. The molecule has 43 heavy (non-hydrogen) atoms. The van der Waals surface area contributed by atoms with Crippen molar-refractivity contribution in [2.24, 2.45) is 11.8 Å². The molecule has 2 N–H and O–H groups in total. The predicted molar refractivity (Wildman–Crippen MR) is 143 cm³/mol. The van der Waals surface area contributed by atoms with Crippen LogP contribution in [0.4, 0.5) is 0 Å². The monoisotopic (exact) mass is 602 g/mol. The summed E-state index contributed by atoms with van der Waals surface area (Å²) in [7, 11) is 4.58. The maximum Gasteiger partial charge on any atom is 0.310 e. The molecule has 3 saturated heterocycles. The van der Waals surface area contributed by atoms with Crippen LogP contribution in [-0.4, -0.2) is 94.5 Å². The van der Waals surface area contributed by atoms with E-state index in [9.17, 15) is 15.0 Å². The van der Waals surface area contributed by atoms with E-state index in [4.69, 9.17) is 47.4 Å². The summed E-state index contributed by atoms with van der Waals surface area (Å²) >= 11 is 0. The number of cyclic esters (lactones) is 1. The Morgan fingerprint density at radius 3 is 2.21 bits per heavy atom. The number of methoxy groups -OCH3 is 3. The Balaban J connectivity index is 1.32. The third-order valence-corrected chi connectivity index (χ3v) is 8.93. The second-order valence-electron chi connectivity index (χ2n) is 11.2. The summed E-state index contributed by atoms with van der Waals surface area (Å²) in [6.45, 7) is 1.99. The van der Waals surface area contributed by atoms with E-state index in [-0.39, 0.29) is 20.0 Å². The van der Waals surface area contributed by atoms with Gasteiger partial charge in [-0.2, -0.15) is 0 Å². The van der Waals surface area contributed by atoms with Gasteiger partial charge in [0.2, 0.25) is 12.5 Å². The van der Waals surface area contributed by atoms with E-state index in [0.717, 1.165) is 11.1 Å². The van der Waals surface area contributed by atoms with Gasteiger partial charge in [-0.25, -0.2) is 0 Å². The number of carbonyl (C=O) groups is 1. The van der Waals surface area contributed by atoms with Crippen LogP contribution in [0.5, 0.6) is 28.7 Å². The van der Waals surface area contributed by atoms with Gasteiger partial charge >= 0.3 is 5.97 Å². The molecule has 2 aromatic rings. The lowest BCUT2D eigenvalue weighted by Gasteiger charge is -2.47. The van der Waals surface area contributed by atoms with E-state index < -0.39 is 66.8 Å². The highest BCUT2D eigenvalue weighted by atomic mass is 16.8. The van der Waals surface area contributed by atoms with Crippen LogP contribution in [-0.2, 0) is 28.5 Å². The number of benzene rings is 2. The molecule has 0 unspecified atom stereocenters. The van der Waals surface area contributed by atoms with E-state index in [1.165, 1.54) is 21.3 Å². The van der Waals surface area contributed by atoms with Gasteiger partial charge in [0.25, 0.3) is 0 Å². The first-order chi connectivity index (χ1) is 20.8. The van der Waals surface area contributed by atoms with Crippen LogP contribution >= 0.6 is 0 Å². The zero-order chi connectivity index (χ0) is 30.0. The molecule has 0 aromatic heterocycles. The largest absolute Gasteiger partial charge is 0.493 e. The Morgan fingerprint density at radius 1 is 0.837 bits per heavy atom. The van der Waals surface area contributed by atoms with Gasteiger partial charge in [-0.05, 0) is 47.9 Å². The third-order valence-electron chi connectivity index (χ3n) is 8.93. The van der Waals surface area contributed by atoms with Gasteiger partial charge < -0.3 is 57.6 Å². The number of hydrogen-bond acceptors (Lipinski definition) is 13. The van der Waals surface area contributed by atoms with Gasteiger partial charge in [0.15, 0.2) is 35.6 Å². The fourth-order valence-electron chi connectivity index (χ4n) is 6.92. The highest BCUT2D eigenvalue weighted by Crippen LogP contribution is 2.57. The number of carbonyl (C=O) groups excluding carboxylic acids is 1. The third kappa shape index (κ3) is 4.57. The molecule has 232 valence electrons. The quantitative estimate of drug-likeness (QED) is 0.462. The molecule has 0 radical (unpaired) electrons. The Morgan fingerprint density at radius 2 is 1.53 bits per heavy atom. The zero-order valence-corrected chi connectivity index (χ0v) is 24.1. The van der Waals surface area contributed by atoms with Crippen LogP contribution < -0.4 is 23.7 Å². The minimum absolute atomic E-state index is 0.0473. The predicted octanol–water partition coefficient (Wildman–Crippen LogP) is 1.64. The second kappa shape index (κ2) is 11.0. The van der Waals surface area contributed by atoms with Gasteiger partial charge in [0.05, 0.1) is 46.6 Å². The first-order valence-corrected chi connectivity index (χ1v) is 14.2. The number of rotatable bonds is 6. The topological polar surface area (TPSA) is 150 Å². The smallest absolute Gasteiger partial charge is 0.310 e. The number of hydrogen-bond donors (Lipinski definition) is 2. The molecule has 13 heteroatoms. The standard InChI is InChI=1S/C30H34O13/c1-12-37-10-21-28(41-12)24(31)25(32)30(42-21)43-26-15-8-18-17(39-11-40-18)7-14(15)22(23-16(26)9-38-29(23)33)13-5-19(34-2)27(36-4)20(6-13)35-3/h5-8,12,16,21-26,28,30-32H,9-11H2,1-4H3/t12-,16+,21+,22+,23+,24+,25+,26-,28+,30-/m0/s1. The molecule has 0 spiro atoms. The summed E-state index contributed by atoms with van der Waals surface area (Å²) in [4.78, 5) is 13.5. The lowest BCUT2D eigenvalue weighted by molar-refractivity contribution is -0.364. The van der Waals surface area contributed by atoms with Crippen LogP contribution in [0.1, 0.15) is 35.6 Å². The molecule has 4 aliphatic heterocycles. The number of aliphatic hydroxyl groups is 2. The van der Waals surface area contributed by atoms with Gasteiger partial charge in [-0.3, -0.25) is 4.79 Å². The first-order valence-electron chi connectivity index (χ1n) is 14.2. The summed E-state index contributed by atoms with van der Waals surface area (Å²) in [5.74, 6) is 0.289. The molecule has 0 bridgehead atoms. The van der Waals surface area contributed by atoms with E-state index in [1.54, 1.807) is 6.92 Å². The van der Waals surface area contributed by atoms with E-state index in [2.05, 4.69) is 0 Å². The van der Waals surface area contributed by atoms with Crippen molar-refractivity contribution in [3.8, 4) is 28.7 Å². The molecular weight excluding hydrogens is 568 g/mol. The van der Waals surface area contributed by atoms with Crippen molar-refractivity contribution in [3.63, 3.8) is 0 Å². The Kier molecular flexibility index (Phi) is 7.27. The van der Waals surface area contributed by atoms with Crippen molar-refractivity contribution in [2.45, 2.75) is 55.9 Å². The summed E-state index contributed by atoms with van der Waals surface area (Å²) in [6, 6.07) is 7.31. The molecular formula is C30H34O13. The Hall–Kier alpha value is -3.33. The summed E-state index contributed by atoms with van der Waals surface area (Å²) < 4.78 is 57.7. The minimum atomic E-state index is -1.42. The molecule has 10 atom stereocenters. The Labute approximate surface area is 247 Å². The normalized spacial score (nSPS) is 35.8. The number of fused-ring (bicyclic) bond motifs is 4. The molecule has 7 rings (SSSR count). The summed E-state index contributed by atoms with van der Waals surface area (Å²) in [6.07, 6.45) is -6.70. The first kappa shape index (κ1) is 28.4. The molecule has 0 saturated carbocycles. The fourth-order valence-corrected chi connectivity index (χ4v) is 6.92. The van der Waals surface area contributed by atoms with E-state index >= 15 is 0 Å². The van der Waals surface area contributed by atoms with Crippen molar-refractivity contribution >= 4 is 5.97 Å². The molecule has 2 aromatic carbocycles. The maximum absolute atomic E-state index is 13.5. The average Bonchev–Trinajstić information content (AvgIpc) is 3.64. The minimum Gasteiger partial charge on any atom is -0.493 e. The zero-order valence-electron chi connectivity index (χ0n) is 24.1. The van der Waals surface area contributed by atoms with Crippen LogP contribution in [0.25, 0.3) is 0 Å². The van der Waals surface area contributed by atoms with Crippen LogP contribution in [0.2, 0.25) is 0 Å². The van der Waals surface area contributed by atoms with Crippen molar-refractivity contribution in [2.75, 3.05) is 41.3 Å². The molecule has 0 amide bonds. The van der Waals surface area contributed by atoms with Crippen molar-refractivity contribution < 1.29 is 62.4 Å². The average molecular weight is 603 g/mol. The van der Waals surface area contributed by atoms with E-state index in [1.807, 2.05) is 24.3 Å². The number of ether oxygens (including phenoxy) is 10. The fraction of sp³-hybridized carbons (Fsp3) is 0.567. The van der Waals surface area contributed by atoms with Crippen molar-refractivity contribution in [1.29, 1.82) is 0 Å². The van der Waals surface area contributed by atoms with Crippen LogP contribution in [0, 0.1) is 11.8 Å².